The summed E-state index contributed by atoms with van der Waals surface area (Å²) in [4.78, 5) is 5.34. The zero-order valence-corrected chi connectivity index (χ0v) is 11.9. The number of likely N-dealkylation sites (tertiary alicyclic amines) is 2. The average molecular weight is 251 g/mol. The molecule has 3 nitrogen and oxygen atoms in total. The Morgan fingerprint density at radius 1 is 0.889 bits per heavy atom. The third-order valence-electron chi connectivity index (χ3n) is 5.63. The summed E-state index contributed by atoms with van der Waals surface area (Å²) in [6.45, 7) is 3.90. The van der Waals surface area contributed by atoms with Gasteiger partial charge in [0, 0.05) is 31.2 Å². The SMILES string of the molecule is CN1CCCC2CN(C3CCCCC3N)CCC21. The number of hydrogen-bond donors (Lipinski definition) is 1. The van der Waals surface area contributed by atoms with Crippen LogP contribution in [0.5, 0.6) is 0 Å². The predicted molar refractivity (Wildman–Crippen MR) is 75.6 cm³/mol. The minimum atomic E-state index is 0.441. The molecule has 3 aliphatic rings. The van der Waals surface area contributed by atoms with E-state index in [1.165, 1.54) is 64.6 Å². The molecule has 2 saturated heterocycles. The van der Waals surface area contributed by atoms with E-state index in [0.29, 0.717) is 12.1 Å². The van der Waals surface area contributed by atoms with E-state index >= 15 is 0 Å². The molecule has 3 heteroatoms. The van der Waals surface area contributed by atoms with E-state index in [1.807, 2.05) is 0 Å². The van der Waals surface area contributed by atoms with Crippen LogP contribution in [0.4, 0.5) is 0 Å². The van der Waals surface area contributed by atoms with Crippen molar-refractivity contribution in [2.24, 2.45) is 11.7 Å². The number of piperidine rings is 2. The van der Waals surface area contributed by atoms with Crippen LogP contribution in [-0.2, 0) is 0 Å². The fourth-order valence-electron chi connectivity index (χ4n) is 4.58. The van der Waals surface area contributed by atoms with E-state index in [1.54, 1.807) is 0 Å². The molecular weight excluding hydrogens is 222 g/mol. The molecule has 0 aromatic heterocycles. The van der Waals surface area contributed by atoms with Crippen LogP contribution in [0.25, 0.3) is 0 Å². The lowest BCUT2D eigenvalue weighted by Crippen LogP contribution is -2.58. The first-order valence-corrected chi connectivity index (χ1v) is 7.95. The summed E-state index contributed by atoms with van der Waals surface area (Å²) in [6.07, 6.45) is 9.52. The van der Waals surface area contributed by atoms with E-state index < -0.39 is 0 Å². The largest absolute Gasteiger partial charge is 0.326 e. The van der Waals surface area contributed by atoms with Gasteiger partial charge in [-0.1, -0.05) is 12.8 Å². The lowest BCUT2D eigenvalue weighted by molar-refractivity contribution is 0.00796. The van der Waals surface area contributed by atoms with Gasteiger partial charge in [0.2, 0.25) is 0 Å². The lowest BCUT2D eigenvalue weighted by atomic mass is 9.81. The molecule has 4 atom stereocenters. The molecule has 2 aliphatic heterocycles. The van der Waals surface area contributed by atoms with Crippen LogP contribution in [-0.4, -0.2) is 54.6 Å². The first-order chi connectivity index (χ1) is 8.75. The fraction of sp³-hybridized carbons (Fsp3) is 1.00. The summed E-state index contributed by atoms with van der Waals surface area (Å²) >= 11 is 0. The van der Waals surface area contributed by atoms with Crippen molar-refractivity contribution in [1.82, 2.24) is 9.80 Å². The zero-order valence-electron chi connectivity index (χ0n) is 11.9. The Hall–Kier alpha value is -0.120. The smallest absolute Gasteiger partial charge is 0.0247 e. The average Bonchev–Trinajstić information content (AvgIpc) is 2.39. The van der Waals surface area contributed by atoms with Crippen molar-refractivity contribution in [2.45, 2.75) is 63.1 Å². The number of fused-ring (bicyclic) bond motifs is 1. The van der Waals surface area contributed by atoms with Crippen molar-refractivity contribution in [3.63, 3.8) is 0 Å². The molecular formula is C15H29N3. The summed E-state index contributed by atoms with van der Waals surface area (Å²) in [5.41, 5.74) is 6.35. The van der Waals surface area contributed by atoms with Crippen LogP contribution in [0.1, 0.15) is 44.9 Å². The summed E-state index contributed by atoms with van der Waals surface area (Å²) < 4.78 is 0. The maximum atomic E-state index is 6.35. The number of nitrogens with zero attached hydrogens (tertiary/aromatic N) is 2. The zero-order chi connectivity index (χ0) is 12.5. The van der Waals surface area contributed by atoms with E-state index in [9.17, 15) is 0 Å². The second-order valence-electron chi connectivity index (χ2n) is 6.75. The van der Waals surface area contributed by atoms with E-state index in [2.05, 4.69) is 16.8 Å². The molecule has 3 fully saturated rings. The summed E-state index contributed by atoms with van der Waals surface area (Å²) in [5.74, 6) is 0.909. The maximum Gasteiger partial charge on any atom is 0.0247 e. The number of rotatable bonds is 1. The molecule has 1 saturated carbocycles. The van der Waals surface area contributed by atoms with E-state index in [4.69, 9.17) is 5.73 Å². The molecule has 2 heterocycles. The van der Waals surface area contributed by atoms with Crippen LogP contribution in [0, 0.1) is 5.92 Å². The highest BCUT2D eigenvalue weighted by atomic mass is 15.2. The molecule has 0 radical (unpaired) electrons. The molecule has 0 bridgehead atoms. The minimum Gasteiger partial charge on any atom is -0.326 e. The monoisotopic (exact) mass is 251 g/mol. The van der Waals surface area contributed by atoms with E-state index in [0.717, 1.165) is 12.0 Å². The van der Waals surface area contributed by atoms with Gasteiger partial charge >= 0.3 is 0 Å². The number of nitrogens with two attached hydrogens (primary N) is 1. The van der Waals surface area contributed by atoms with Gasteiger partial charge in [-0.15, -0.1) is 0 Å². The lowest BCUT2D eigenvalue weighted by Gasteiger charge is -2.49. The van der Waals surface area contributed by atoms with Gasteiger partial charge in [0.15, 0.2) is 0 Å². The van der Waals surface area contributed by atoms with Crippen molar-refractivity contribution in [3.8, 4) is 0 Å². The molecule has 1 aliphatic carbocycles. The molecule has 4 unspecified atom stereocenters. The molecule has 104 valence electrons. The first kappa shape index (κ1) is 12.9. The minimum absolute atomic E-state index is 0.441. The normalized spacial score (nSPS) is 43.7. The topological polar surface area (TPSA) is 32.5 Å². The quantitative estimate of drug-likeness (QED) is 0.769. The van der Waals surface area contributed by atoms with Crippen LogP contribution >= 0.6 is 0 Å². The van der Waals surface area contributed by atoms with Gasteiger partial charge < -0.3 is 10.6 Å². The van der Waals surface area contributed by atoms with Gasteiger partial charge in [-0.3, -0.25) is 4.90 Å². The first-order valence-electron chi connectivity index (χ1n) is 7.95. The number of hydrogen-bond acceptors (Lipinski definition) is 3. The summed E-state index contributed by atoms with van der Waals surface area (Å²) in [5, 5.41) is 0. The second-order valence-corrected chi connectivity index (χ2v) is 6.75. The van der Waals surface area contributed by atoms with Crippen molar-refractivity contribution in [2.75, 3.05) is 26.7 Å². The maximum absolute atomic E-state index is 6.35. The van der Waals surface area contributed by atoms with Gasteiger partial charge in [0.05, 0.1) is 0 Å². The third kappa shape index (κ3) is 2.45. The van der Waals surface area contributed by atoms with Crippen LogP contribution in [0.15, 0.2) is 0 Å². The van der Waals surface area contributed by atoms with Gasteiger partial charge in [-0.05, 0) is 51.6 Å². The molecule has 3 rings (SSSR count). The van der Waals surface area contributed by atoms with Crippen LogP contribution in [0.2, 0.25) is 0 Å². The Morgan fingerprint density at radius 3 is 2.56 bits per heavy atom. The standard InChI is InChI=1S/C15H29N3/c1-17-9-4-5-12-11-18(10-8-14(12)17)15-7-3-2-6-13(15)16/h12-15H,2-11,16H2,1H3. The van der Waals surface area contributed by atoms with Crippen LogP contribution < -0.4 is 5.73 Å². The molecule has 0 spiro atoms. The van der Waals surface area contributed by atoms with Gasteiger partial charge in [0.25, 0.3) is 0 Å². The van der Waals surface area contributed by atoms with Crippen molar-refractivity contribution in [1.29, 1.82) is 0 Å². The third-order valence-corrected chi connectivity index (χ3v) is 5.63. The molecule has 0 amide bonds. The van der Waals surface area contributed by atoms with Crippen molar-refractivity contribution >= 4 is 0 Å². The molecule has 18 heavy (non-hydrogen) atoms. The Balaban J connectivity index is 1.62. The predicted octanol–water partition coefficient (Wildman–Crippen LogP) is 1.67. The van der Waals surface area contributed by atoms with Gasteiger partial charge in [-0.2, -0.15) is 0 Å². The highest BCUT2D eigenvalue weighted by Gasteiger charge is 2.38. The van der Waals surface area contributed by atoms with E-state index in [-0.39, 0.29) is 0 Å². The summed E-state index contributed by atoms with van der Waals surface area (Å²) in [6, 6.07) is 1.98. The molecule has 2 N–H and O–H groups in total. The Bertz CT molecular complexity index is 281. The fourth-order valence-corrected chi connectivity index (χ4v) is 4.58. The second kappa shape index (κ2) is 5.48. The Morgan fingerprint density at radius 2 is 1.72 bits per heavy atom. The van der Waals surface area contributed by atoms with Gasteiger partial charge in [0.1, 0.15) is 0 Å². The highest BCUT2D eigenvalue weighted by molar-refractivity contribution is 4.94. The van der Waals surface area contributed by atoms with Crippen molar-refractivity contribution in [3.05, 3.63) is 0 Å². The molecule has 0 aromatic carbocycles. The summed E-state index contributed by atoms with van der Waals surface area (Å²) in [7, 11) is 2.32. The Kier molecular flexibility index (Phi) is 3.92. The molecule has 0 aromatic rings. The van der Waals surface area contributed by atoms with Crippen molar-refractivity contribution < 1.29 is 0 Å². The van der Waals surface area contributed by atoms with Crippen LogP contribution in [0.3, 0.4) is 0 Å². The van der Waals surface area contributed by atoms with Gasteiger partial charge in [-0.25, -0.2) is 0 Å². The Labute approximate surface area is 112 Å². The highest BCUT2D eigenvalue weighted by Crippen LogP contribution is 2.32.